The van der Waals surface area contributed by atoms with Gasteiger partial charge in [0.05, 0.1) is 11.4 Å². The van der Waals surface area contributed by atoms with Gasteiger partial charge in [0.25, 0.3) is 0 Å². The molecular formula is C12H14F3N3O2. The molecule has 1 saturated heterocycles. The Morgan fingerprint density at radius 1 is 1.45 bits per heavy atom. The molecule has 0 aliphatic carbocycles. The molecule has 0 saturated carbocycles. The fraction of sp³-hybridized carbons (Fsp3) is 0.417. The molecule has 1 amide bonds. The van der Waals surface area contributed by atoms with Gasteiger partial charge < -0.3 is 21.1 Å². The van der Waals surface area contributed by atoms with E-state index in [1.807, 2.05) is 0 Å². The molecule has 0 radical (unpaired) electrons. The summed E-state index contributed by atoms with van der Waals surface area (Å²) in [6.07, 6.45) is 1.36. The predicted molar refractivity (Wildman–Crippen MR) is 67.1 cm³/mol. The number of hydrogen-bond acceptors (Lipinski definition) is 4. The third-order valence-corrected chi connectivity index (χ3v) is 2.94. The van der Waals surface area contributed by atoms with Crippen LogP contribution in [0.2, 0.25) is 0 Å². The number of amides is 1. The molecule has 0 bridgehead atoms. The lowest BCUT2D eigenvalue weighted by Gasteiger charge is -2.24. The zero-order valence-corrected chi connectivity index (χ0v) is 10.5. The van der Waals surface area contributed by atoms with Crippen LogP contribution in [0.25, 0.3) is 0 Å². The third kappa shape index (κ3) is 3.25. The van der Waals surface area contributed by atoms with E-state index in [-0.39, 0.29) is 17.3 Å². The van der Waals surface area contributed by atoms with Gasteiger partial charge in [-0.05, 0) is 12.8 Å². The summed E-state index contributed by atoms with van der Waals surface area (Å²) in [6, 6.07) is 1.37. The predicted octanol–water partition coefficient (Wildman–Crippen LogP) is 1.70. The Labute approximate surface area is 113 Å². The highest BCUT2D eigenvalue weighted by atomic mass is 19.3. The second-order valence-electron chi connectivity index (χ2n) is 4.38. The van der Waals surface area contributed by atoms with Crippen molar-refractivity contribution in [2.45, 2.75) is 25.5 Å². The first kappa shape index (κ1) is 14.3. The number of nitrogens with one attached hydrogen (secondary N) is 2. The van der Waals surface area contributed by atoms with Crippen LogP contribution in [0.3, 0.4) is 0 Å². The number of piperidine rings is 1. The molecule has 0 aromatic heterocycles. The van der Waals surface area contributed by atoms with Crippen molar-refractivity contribution in [3.63, 3.8) is 0 Å². The first-order valence-electron chi connectivity index (χ1n) is 6.05. The smallest absolute Gasteiger partial charge is 0.387 e. The molecule has 20 heavy (non-hydrogen) atoms. The summed E-state index contributed by atoms with van der Waals surface area (Å²) in [4.78, 5) is 11.6. The molecule has 8 heteroatoms. The van der Waals surface area contributed by atoms with Crippen molar-refractivity contribution in [2.24, 2.45) is 0 Å². The standard InChI is InChI=1S/C12H14F3N3O2/c13-6-4-7(16)9(5-10(6)20-12(14)15)18-8-2-1-3-17-11(8)19/h4-5,8,12,18H,1-3,16H2,(H,17,19). The number of hydrogen-bond donors (Lipinski definition) is 3. The number of carbonyl (C=O) groups excluding carboxylic acids is 1. The van der Waals surface area contributed by atoms with Crippen molar-refractivity contribution in [3.05, 3.63) is 17.9 Å². The summed E-state index contributed by atoms with van der Waals surface area (Å²) in [5.74, 6) is -1.81. The number of alkyl halides is 2. The van der Waals surface area contributed by atoms with Gasteiger partial charge in [-0.15, -0.1) is 0 Å². The van der Waals surface area contributed by atoms with E-state index in [4.69, 9.17) is 5.73 Å². The molecule has 5 nitrogen and oxygen atoms in total. The van der Waals surface area contributed by atoms with E-state index in [0.717, 1.165) is 18.6 Å². The lowest BCUT2D eigenvalue weighted by molar-refractivity contribution is -0.123. The highest BCUT2D eigenvalue weighted by molar-refractivity contribution is 5.86. The molecule has 0 spiro atoms. The first-order chi connectivity index (χ1) is 9.47. The van der Waals surface area contributed by atoms with Gasteiger partial charge >= 0.3 is 6.61 Å². The summed E-state index contributed by atoms with van der Waals surface area (Å²) >= 11 is 0. The fourth-order valence-corrected chi connectivity index (χ4v) is 1.98. The molecule has 1 aliphatic rings. The van der Waals surface area contributed by atoms with Crippen LogP contribution in [-0.2, 0) is 4.79 Å². The number of rotatable bonds is 4. The Morgan fingerprint density at radius 2 is 2.20 bits per heavy atom. The van der Waals surface area contributed by atoms with Crippen molar-refractivity contribution < 1.29 is 22.7 Å². The van der Waals surface area contributed by atoms with E-state index in [0.29, 0.717) is 13.0 Å². The second kappa shape index (κ2) is 5.89. The monoisotopic (exact) mass is 289 g/mol. The van der Waals surface area contributed by atoms with Gasteiger partial charge in [0, 0.05) is 18.7 Å². The average molecular weight is 289 g/mol. The van der Waals surface area contributed by atoms with Gasteiger partial charge in [0.15, 0.2) is 11.6 Å². The van der Waals surface area contributed by atoms with Gasteiger partial charge in [-0.25, -0.2) is 4.39 Å². The highest BCUT2D eigenvalue weighted by Crippen LogP contribution is 2.30. The maximum Gasteiger partial charge on any atom is 0.387 e. The summed E-state index contributed by atoms with van der Waals surface area (Å²) in [5, 5.41) is 5.47. The molecule has 1 heterocycles. The molecule has 1 aromatic carbocycles. The molecule has 4 N–H and O–H groups in total. The molecular weight excluding hydrogens is 275 g/mol. The van der Waals surface area contributed by atoms with E-state index in [9.17, 15) is 18.0 Å². The summed E-state index contributed by atoms with van der Waals surface area (Å²) < 4.78 is 41.8. The van der Waals surface area contributed by atoms with Crippen molar-refractivity contribution in [2.75, 3.05) is 17.6 Å². The van der Waals surface area contributed by atoms with E-state index in [2.05, 4.69) is 15.4 Å². The Morgan fingerprint density at radius 3 is 2.85 bits per heavy atom. The molecule has 1 unspecified atom stereocenters. The largest absolute Gasteiger partial charge is 0.432 e. The third-order valence-electron chi connectivity index (χ3n) is 2.94. The molecule has 110 valence electrons. The van der Waals surface area contributed by atoms with Crippen LogP contribution in [0.15, 0.2) is 12.1 Å². The molecule has 1 atom stereocenters. The van der Waals surface area contributed by atoms with Crippen LogP contribution in [-0.4, -0.2) is 25.1 Å². The zero-order valence-electron chi connectivity index (χ0n) is 10.5. The lowest BCUT2D eigenvalue weighted by atomic mass is 10.1. The van der Waals surface area contributed by atoms with Gasteiger partial charge in [-0.1, -0.05) is 0 Å². The Hall–Kier alpha value is -2.12. The maximum absolute atomic E-state index is 13.4. The molecule has 1 aliphatic heterocycles. The minimum Gasteiger partial charge on any atom is -0.432 e. The first-order valence-corrected chi connectivity index (χ1v) is 6.05. The number of halogens is 3. The van der Waals surface area contributed by atoms with Crippen LogP contribution in [0, 0.1) is 5.82 Å². The van der Waals surface area contributed by atoms with Crippen molar-refractivity contribution >= 4 is 17.3 Å². The average Bonchev–Trinajstić information content (AvgIpc) is 2.37. The SMILES string of the molecule is Nc1cc(F)c(OC(F)F)cc1NC1CCCNC1=O. The van der Waals surface area contributed by atoms with Crippen LogP contribution in [0.5, 0.6) is 5.75 Å². The van der Waals surface area contributed by atoms with Crippen LogP contribution in [0.1, 0.15) is 12.8 Å². The number of carbonyl (C=O) groups is 1. The van der Waals surface area contributed by atoms with E-state index >= 15 is 0 Å². The van der Waals surface area contributed by atoms with E-state index in [1.165, 1.54) is 0 Å². The van der Waals surface area contributed by atoms with Gasteiger partial charge in [-0.2, -0.15) is 8.78 Å². The quantitative estimate of drug-likeness (QED) is 0.737. The summed E-state index contributed by atoms with van der Waals surface area (Å²) in [6.45, 7) is -2.55. The van der Waals surface area contributed by atoms with Crippen LogP contribution >= 0.6 is 0 Å². The number of ether oxygens (including phenoxy) is 1. The van der Waals surface area contributed by atoms with Gasteiger partial charge in [-0.3, -0.25) is 4.79 Å². The fourth-order valence-electron chi connectivity index (χ4n) is 1.98. The van der Waals surface area contributed by atoms with E-state index in [1.54, 1.807) is 0 Å². The topological polar surface area (TPSA) is 76.4 Å². The molecule has 2 rings (SSSR count). The normalized spacial score (nSPS) is 18.8. The Bertz CT molecular complexity index is 511. The van der Waals surface area contributed by atoms with Crippen LogP contribution < -0.4 is 21.1 Å². The van der Waals surface area contributed by atoms with Crippen molar-refractivity contribution in [1.29, 1.82) is 0 Å². The minimum atomic E-state index is -3.14. The minimum absolute atomic E-state index is 0.0162. The van der Waals surface area contributed by atoms with Crippen LogP contribution in [0.4, 0.5) is 24.5 Å². The van der Waals surface area contributed by atoms with Gasteiger partial charge in [0.2, 0.25) is 5.91 Å². The van der Waals surface area contributed by atoms with Crippen molar-refractivity contribution in [3.8, 4) is 5.75 Å². The molecule has 1 aromatic rings. The van der Waals surface area contributed by atoms with Gasteiger partial charge in [0.1, 0.15) is 6.04 Å². The molecule has 1 fully saturated rings. The summed E-state index contributed by atoms with van der Waals surface area (Å²) in [5.41, 5.74) is 5.81. The Kier molecular flexibility index (Phi) is 4.21. The second-order valence-corrected chi connectivity index (χ2v) is 4.38. The number of anilines is 2. The van der Waals surface area contributed by atoms with E-state index < -0.39 is 24.2 Å². The number of nitrogens with two attached hydrogens (primary N) is 1. The number of benzene rings is 1. The maximum atomic E-state index is 13.4. The zero-order chi connectivity index (χ0) is 14.7. The lowest BCUT2D eigenvalue weighted by Crippen LogP contribution is -2.44. The summed E-state index contributed by atoms with van der Waals surface area (Å²) in [7, 11) is 0. The number of nitrogen functional groups attached to an aromatic ring is 1. The Balaban J connectivity index is 2.19. The highest BCUT2D eigenvalue weighted by Gasteiger charge is 2.23. The van der Waals surface area contributed by atoms with Crippen molar-refractivity contribution in [1.82, 2.24) is 5.32 Å².